The minimum absolute atomic E-state index is 0.0359. The van der Waals surface area contributed by atoms with Crippen molar-refractivity contribution in [3.63, 3.8) is 0 Å². The Bertz CT molecular complexity index is 1450. The Kier molecular flexibility index (Phi) is 5.84. The first-order valence-corrected chi connectivity index (χ1v) is 10.0. The molecule has 0 aliphatic carbocycles. The molecular weight excluding hydrogens is 490 g/mol. The zero-order valence-corrected chi connectivity index (χ0v) is 18.3. The van der Waals surface area contributed by atoms with Crippen molar-refractivity contribution in [3.8, 4) is 46.2 Å². The standard InChI is InChI=1S/C24H12F6N4O2/c1-11-33-19(13-3-5-15(9-31)17(7-13)23(25,26)27)21(35-11)22-20(34-12(2)36-22)14-4-6-16(10-32)18(8-14)24(28,29)30/h3-8H,1-2H3. The van der Waals surface area contributed by atoms with E-state index in [2.05, 4.69) is 9.97 Å². The fourth-order valence-corrected chi connectivity index (χ4v) is 3.60. The highest BCUT2D eigenvalue weighted by Gasteiger charge is 2.36. The van der Waals surface area contributed by atoms with E-state index >= 15 is 0 Å². The summed E-state index contributed by atoms with van der Waals surface area (Å²) >= 11 is 0. The van der Waals surface area contributed by atoms with Crippen LogP contribution in [0.5, 0.6) is 0 Å². The van der Waals surface area contributed by atoms with Gasteiger partial charge < -0.3 is 8.83 Å². The molecule has 0 saturated carbocycles. The fraction of sp³-hybridized carbons (Fsp3) is 0.167. The summed E-state index contributed by atoms with van der Waals surface area (Å²) in [6.45, 7) is 2.85. The average molecular weight is 502 g/mol. The minimum Gasteiger partial charge on any atom is -0.437 e. The van der Waals surface area contributed by atoms with Crippen LogP contribution < -0.4 is 0 Å². The van der Waals surface area contributed by atoms with Gasteiger partial charge in [-0.15, -0.1) is 0 Å². The van der Waals surface area contributed by atoms with Gasteiger partial charge in [0.25, 0.3) is 0 Å². The third-order valence-electron chi connectivity index (χ3n) is 5.11. The first-order valence-electron chi connectivity index (χ1n) is 10.0. The molecule has 0 bridgehead atoms. The third-order valence-corrected chi connectivity index (χ3v) is 5.11. The number of benzene rings is 2. The summed E-state index contributed by atoms with van der Waals surface area (Å²) in [5.74, 6) is -0.264. The number of hydrogen-bond acceptors (Lipinski definition) is 6. The van der Waals surface area contributed by atoms with Gasteiger partial charge in [0, 0.05) is 25.0 Å². The van der Waals surface area contributed by atoms with E-state index in [1.165, 1.54) is 38.1 Å². The summed E-state index contributed by atoms with van der Waals surface area (Å²) < 4.78 is 92.2. The monoisotopic (exact) mass is 502 g/mol. The van der Waals surface area contributed by atoms with Crippen LogP contribution in [0.3, 0.4) is 0 Å². The van der Waals surface area contributed by atoms with Gasteiger partial charge in [-0.3, -0.25) is 0 Å². The lowest BCUT2D eigenvalue weighted by Gasteiger charge is -2.11. The smallest absolute Gasteiger partial charge is 0.417 e. The Hall–Kier alpha value is -4.58. The molecule has 182 valence electrons. The lowest BCUT2D eigenvalue weighted by molar-refractivity contribution is -0.138. The van der Waals surface area contributed by atoms with Gasteiger partial charge in [-0.2, -0.15) is 36.9 Å². The largest absolute Gasteiger partial charge is 0.437 e. The van der Waals surface area contributed by atoms with Gasteiger partial charge in [-0.1, -0.05) is 12.1 Å². The maximum Gasteiger partial charge on any atom is 0.417 e. The molecule has 0 fully saturated rings. The Morgan fingerprint density at radius 2 is 1.03 bits per heavy atom. The summed E-state index contributed by atoms with van der Waals surface area (Å²) in [6.07, 6.45) is -9.66. The molecule has 12 heteroatoms. The van der Waals surface area contributed by atoms with E-state index < -0.39 is 34.6 Å². The molecule has 36 heavy (non-hydrogen) atoms. The second kappa shape index (κ2) is 8.57. The highest BCUT2D eigenvalue weighted by Crippen LogP contribution is 2.42. The average Bonchev–Trinajstić information content (AvgIpc) is 3.39. The number of alkyl halides is 6. The maximum absolute atomic E-state index is 13.5. The molecule has 0 radical (unpaired) electrons. The van der Waals surface area contributed by atoms with Crippen LogP contribution >= 0.6 is 0 Å². The van der Waals surface area contributed by atoms with E-state index in [1.807, 2.05) is 0 Å². The zero-order valence-electron chi connectivity index (χ0n) is 18.3. The first-order chi connectivity index (χ1) is 16.8. The molecule has 2 aromatic carbocycles. The van der Waals surface area contributed by atoms with E-state index in [4.69, 9.17) is 19.4 Å². The zero-order chi connectivity index (χ0) is 26.4. The molecule has 0 spiro atoms. The molecule has 2 heterocycles. The van der Waals surface area contributed by atoms with Gasteiger partial charge >= 0.3 is 12.4 Å². The van der Waals surface area contributed by atoms with Gasteiger partial charge in [0.1, 0.15) is 11.4 Å². The van der Waals surface area contributed by atoms with Crippen LogP contribution in [0.4, 0.5) is 26.3 Å². The van der Waals surface area contributed by atoms with Crippen molar-refractivity contribution < 1.29 is 35.2 Å². The van der Waals surface area contributed by atoms with Crippen molar-refractivity contribution in [2.75, 3.05) is 0 Å². The van der Waals surface area contributed by atoms with E-state index in [9.17, 15) is 26.3 Å². The summed E-state index contributed by atoms with van der Waals surface area (Å²) in [5.41, 5.74) is -3.89. The number of oxazole rings is 2. The van der Waals surface area contributed by atoms with Crippen LogP contribution in [0, 0.1) is 36.5 Å². The Morgan fingerprint density at radius 1 is 0.667 bits per heavy atom. The molecule has 0 unspecified atom stereocenters. The van der Waals surface area contributed by atoms with Crippen molar-refractivity contribution in [1.29, 1.82) is 10.5 Å². The summed E-state index contributed by atoms with van der Waals surface area (Å²) in [4.78, 5) is 8.27. The van der Waals surface area contributed by atoms with Gasteiger partial charge in [0.05, 0.1) is 34.4 Å². The number of rotatable bonds is 3. The molecule has 0 amide bonds. The Morgan fingerprint density at radius 3 is 1.33 bits per heavy atom. The molecule has 0 aliphatic heterocycles. The van der Waals surface area contributed by atoms with Crippen LogP contribution in [0.1, 0.15) is 34.0 Å². The van der Waals surface area contributed by atoms with Gasteiger partial charge in [-0.25, -0.2) is 9.97 Å². The second-order valence-electron chi connectivity index (χ2n) is 7.56. The van der Waals surface area contributed by atoms with E-state index in [-0.39, 0.29) is 45.8 Å². The van der Waals surface area contributed by atoms with Crippen molar-refractivity contribution >= 4 is 0 Å². The highest BCUT2D eigenvalue weighted by atomic mass is 19.4. The molecule has 0 saturated heterocycles. The molecule has 6 nitrogen and oxygen atoms in total. The Balaban J connectivity index is 1.93. The topological polar surface area (TPSA) is 99.6 Å². The SMILES string of the molecule is Cc1nc(-c2ccc(C#N)c(C(F)(F)F)c2)c(-c2oc(C)nc2-c2ccc(C#N)c(C(F)(F)F)c2)o1. The van der Waals surface area contributed by atoms with Gasteiger partial charge in [0.15, 0.2) is 23.3 Å². The van der Waals surface area contributed by atoms with Crippen LogP contribution in [0.15, 0.2) is 45.2 Å². The molecule has 0 N–H and O–H groups in total. The lowest BCUT2D eigenvalue weighted by Crippen LogP contribution is -2.08. The van der Waals surface area contributed by atoms with Crippen LogP contribution in [0.25, 0.3) is 34.0 Å². The number of nitriles is 2. The number of aryl methyl sites for hydroxylation is 2. The number of halogens is 6. The van der Waals surface area contributed by atoms with Crippen molar-refractivity contribution in [2.45, 2.75) is 26.2 Å². The van der Waals surface area contributed by atoms with E-state index in [0.29, 0.717) is 0 Å². The van der Waals surface area contributed by atoms with E-state index in [0.717, 1.165) is 24.3 Å². The molecule has 4 rings (SSSR count). The first kappa shape index (κ1) is 24.5. The fourth-order valence-electron chi connectivity index (χ4n) is 3.60. The van der Waals surface area contributed by atoms with Crippen molar-refractivity contribution in [1.82, 2.24) is 9.97 Å². The highest BCUT2D eigenvalue weighted by molar-refractivity contribution is 5.83. The van der Waals surface area contributed by atoms with E-state index in [1.54, 1.807) is 0 Å². The Labute approximate surface area is 199 Å². The van der Waals surface area contributed by atoms with Gasteiger partial charge in [0.2, 0.25) is 0 Å². The van der Waals surface area contributed by atoms with Gasteiger partial charge in [-0.05, 0) is 24.3 Å². The van der Waals surface area contributed by atoms with Crippen molar-refractivity contribution in [2.24, 2.45) is 0 Å². The number of nitrogens with zero attached hydrogens (tertiary/aromatic N) is 4. The van der Waals surface area contributed by atoms with Crippen LogP contribution in [-0.2, 0) is 12.4 Å². The molecule has 0 aliphatic rings. The summed E-state index contributed by atoms with van der Waals surface area (Å²) in [5, 5.41) is 18.1. The second-order valence-corrected chi connectivity index (χ2v) is 7.56. The maximum atomic E-state index is 13.5. The third kappa shape index (κ3) is 4.41. The molecule has 4 aromatic rings. The van der Waals surface area contributed by atoms with Crippen molar-refractivity contribution in [3.05, 3.63) is 70.4 Å². The predicted molar refractivity (Wildman–Crippen MR) is 112 cm³/mol. The summed E-state index contributed by atoms with van der Waals surface area (Å²) in [6, 6.07) is 8.86. The predicted octanol–water partition coefficient (Wildman–Crippen LogP) is 7.06. The summed E-state index contributed by atoms with van der Waals surface area (Å²) in [7, 11) is 0. The molecule has 2 aromatic heterocycles. The van der Waals surface area contributed by atoms with Crippen LogP contribution in [0.2, 0.25) is 0 Å². The quantitative estimate of drug-likeness (QED) is 0.278. The lowest BCUT2D eigenvalue weighted by atomic mass is 9.99. The molecular formula is C24H12F6N4O2. The minimum atomic E-state index is -4.83. The normalized spacial score (nSPS) is 11.8. The molecule has 0 atom stereocenters. The number of hydrogen-bond donors (Lipinski definition) is 0. The number of aromatic nitrogens is 2. The van der Waals surface area contributed by atoms with Crippen LogP contribution in [-0.4, -0.2) is 9.97 Å².